The SMILES string of the molecule is CCCCCCc1ccc2c(c1)Cc1cc(C(C)=O)ccc1-2. The van der Waals surface area contributed by atoms with Crippen molar-refractivity contribution in [3.63, 3.8) is 0 Å². The maximum absolute atomic E-state index is 11.5. The molecule has 22 heavy (non-hydrogen) atoms. The van der Waals surface area contributed by atoms with Gasteiger partial charge in [-0.15, -0.1) is 0 Å². The zero-order chi connectivity index (χ0) is 15.5. The number of Topliss-reactive ketones (excluding diaryl/α,β-unsaturated/α-hetero) is 1. The predicted molar refractivity (Wildman–Crippen MR) is 92.5 cm³/mol. The predicted octanol–water partition coefficient (Wildman–Crippen LogP) is 5.58. The molecular weight excluding hydrogens is 268 g/mol. The third kappa shape index (κ3) is 2.99. The van der Waals surface area contributed by atoms with Crippen LogP contribution < -0.4 is 0 Å². The lowest BCUT2D eigenvalue weighted by Gasteiger charge is -2.05. The van der Waals surface area contributed by atoms with E-state index in [-0.39, 0.29) is 5.78 Å². The van der Waals surface area contributed by atoms with Crippen LogP contribution in [0.5, 0.6) is 0 Å². The number of rotatable bonds is 6. The Labute approximate surface area is 133 Å². The molecule has 1 aliphatic carbocycles. The van der Waals surface area contributed by atoms with Gasteiger partial charge in [0.2, 0.25) is 0 Å². The van der Waals surface area contributed by atoms with Crippen molar-refractivity contribution in [2.24, 2.45) is 0 Å². The van der Waals surface area contributed by atoms with E-state index in [4.69, 9.17) is 0 Å². The number of hydrogen-bond donors (Lipinski definition) is 0. The van der Waals surface area contributed by atoms with Gasteiger partial charge in [0.05, 0.1) is 0 Å². The van der Waals surface area contributed by atoms with Crippen molar-refractivity contribution < 1.29 is 4.79 Å². The summed E-state index contributed by atoms with van der Waals surface area (Å²) < 4.78 is 0. The molecule has 0 saturated carbocycles. The van der Waals surface area contributed by atoms with Gasteiger partial charge in [0.25, 0.3) is 0 Å². The van der Waals surface area contributed by atoms with E-state index in [1.54, 1.807) is 6.92 Å². The van der Waals surface area contributed by atoms with E-state index in [0.717, 1.165) is 12.0 Å². The number of aryl methyl sites for hydroxylation is 1. The normalized spacial score (nSPS) is 12.1. The van der Waals surface area contributed by atoms with Crippen LogP contribution in [0.4, 0.5) is 0 Å². The lowest BCUT2D eigenvalue weighted by Crippen LogP contribution is -1.93. The number of fused-ring (bicyclic) bond motifs is 3. The number of carbonyl (C=O) groups excluding carboxylic acids is 1. The molecule has 2 aromatic rings. The summed E-state index contributed by atoms with van der Waals surface area (Å²) in [4.78, 5) is 11.5. The Morgan fingerprint density at radius 1 is 0.955 bits per heavy atom. The molecule has 0 spiro atoms. The fourth-order valence-electron chi connectivity index (χ4n) is 3.39. The van der Waals surface area contributed by atoms with Crippen LogP contribution in [0.1, 0.15) is 66.6 Å². The van der Waals surface area contributed by atoms with Crippen molar-refractivity contribution in [1.29, 1.82) is 0 Å². The van der Waals surface area contributed by atoms with Crippen molar-refractivity contribution in [1.82, 2.24) is 0 Å². The highest BCUT2D eigenvalue weighted by atomic mass is 16.1. The topological polar surface area (TPSA) is 17.1 Å². The van der Waals surface area contributed by atoms with Crippen molar-refractivity contribution >= 4 is 5.78 Å². The summed E-state index contributed by atoms with van der Waals surface area (Å²) in [6, 6.07) is 13.0. The molecule has 0 unspecified atom stereocenters. The molecule has 0 radical (unpaired) electrons. The van der Waals surface area contributed by atoms with Crippen molar-refractivity contribution in [3.8, 4) is 11.1 Å². The molecule has 2 aromatic carbocycles. The Morgan fingerprint density at radius 2 is 1.68 bits per heavy atom. The van der Waals surface area contributed by atoms with Gasteiger partial charge in [-0.25, -0.2) is 0 Å². The highest BCUT2D eigenvalue weighted by Gasteiger charge is 2.19. The van der Waals surface area contributed by atoms with E-state index < -0.39 is 0 Å². The Kier molecular flexibility index (Phi) is 4.42. The van der Waals surface area contributed by atoms with E-state index in [0.29, 0.717) is 0 Å². The maximum Gasteiger partial charge on any atom is 0.159 e. The van der Waals surface area contributed by atoms with Gasteiger partial charge in [-0.05, 0) is 60.1 Å². The number of benzene rings is 2. The molecule has 0 fully saturated rings. The molecule has 0 bridgehead atoms. The fraction of sp³-hybridized carbons (Fsp3) is 0.381. The molecule has 3 rings (SSSR count). The largest absolute Gasteiger partial charge is 0.295 e. The molecule has 0 N–H and O–H groups in total. The Morgan fingerprint density at radius 3 is 2.41 bits per heavy atom. The monoisotopic (exact) mass is 292 g/mol. The molecule has 1 nitrogen and oxygen atoms in total. The highest BCUT2D eigenvalue weighted by Crippen LogP contribution is 2.37. The number of unbranched alkanes of at least 4 members (excludes halogenated alkanes) is 3. The maximum atomic E-state index is 11.5. The number of ketones is 1. The molecule has 0 heterocycles. The van der Waals surface area contributed by atoms with E-state index in [2.05, 4.69) is 37.3 Å². The lowest BCUT2D eigenvalue weighted by molar-refractivity contribution is 0.101. The minimum atomic E-state index is 0.148. The minimum absolute atomic E-state index is 0.148. The number of hydrogen-bond acceptors (Lipinski definition) is 1. The smallest absolute Gasteiger partial charge is 0.159 e. The van der Waals surface area contributed by atoms with Gasteiger partial charge in [0.15, 0.2) is 5.78 Å². The summed E-state index contributed by atoms with van der Waals surface area (Å²) in [5.74, 6) is 0.148. The quantitative estimate of drug-likeness (QED) is 0.428. The van der Waals surface area contributed by atoms with Gasteiger partial charge in [-0.2, -0.15) is 0 Å². The molecule has 0 saturated heterocycles. The Balaban J connectivity index is 1.78. The second-order valence-electron chi connectivity index (χ2n) is 6.41. The summed E-state index contributed by atoms with van der Waals surface area (Å²) >= 11 is 0. The first kappa shape index (κ1) is 15.0. The molecule has 1 aliphatic rings. The average Bonchev–Trinajstić information content (AvgIpc) is 2.88. The summed E-state index contributed by atoms with van der Waals surface area (Å²) in [5, 5.41) is 0. The average molecular weight is 292 g/mol. The van der Waals surface area contributed by atoms with Crippen LogP contribution in [0.25, 0.3) is 11.1 Å². The van der Waals surface area contributed by atoms with Crippen molar-refractivity contribution in [2.75, 3.05) is 0 Å². The second kappa shape index (κ2) is 6.48. The standard InChI is InChI=1S/C21H24O/c1-3-4-5-6-7-16-8-10-20-18(12-16)14-19-13-17(15(2)22)9-11-21(19)20/h8-13H,3-7,14H2,1-2H3. The molecule has 1 heteroatoms. The van der Waals surface area contributed by atoms with Gasteiger partial charge in [0, 0.05) is 5.56 Å². The van der Waals surface area contributed by atoms with Crippen LogP contribution in [-0.4, -0.2) is 5.78 Å². The highest BCUT2D eigenvalue weighted by molar-refractivity contribution is 5.95. The molecule has 0 aliphatic heterocycles. The molecular formula is C21H24O. The van der Waals surface area contributed by atoms with Crippen molar-refractivity contribution in [3.05, 3.63) is 58.7 Å². The van der Waals surface area contributed by atoms with Crippen LogP contribution in [0.15, 0.2) is 36.4 Å². The fourth-order valence-corrected chi connectivity index (χ4v) is 3.39. The van der Waals surface area contributed by atoms with Crippen LogP contribution in [-0.2, 0) is 12.8 Å². The van der Waals surface area contributed by atoms with E-state index in [9.17, 15) is 4.79 Å². The molecule has 0 amide bonds. The minimum Gasteiger partial charge on any atom is -0.295 e. The van der Waals surface area contributed by atoms with E-state index in [1.807, 2.05) is 6.07 Å². The van der Waals surface area contributed by atoms with Gasteiger partial charge >= 0.3 is 0 Å². The van der Waals surface area contributed by atoms with Gasteiger partial charge in [-0.3, -0.25) is 4.79 Å². The van der Waals surface area contributed by atoms with Gasteiger partial charge < -0.3 is 0 Å². The summed E-state index contributed by atoms with van der Waals surface area (Å²) in [6.07, 6.45) is 7.39. The van der Waals surface area contributed by atoms with Gasteiger partial charge in [-0.1, -0.05) is 56.5 Å². The summed E-state index contributed by atoms with van der Waals surface area (Å²) in [6.45, 7) is 3.89. The third-order valence-corrected chi connectivity index (χ3v) is 4.67. The van der Waals surface area contributed by atoms with E-state index >= 15 is 0 Å². The Hall–Kier alpha value is -1.89. The summed E-state index contributed by atoms with van der Waals surface area (Å²) in [7, 11) is 0. The summed E-state index contributed by atoms with van der Waals surface area (Å²) in [5.41, 5.74) is 7.65. The first-order valence-electron chi connectivity index (χ1n) is 8.45. The molecule has 0 aromatic heterocycles. The first-order chi connectivity index (χ1) is 10.7. The third-order valence-electron chi connectivity index (χ3n) is 4.67. The second-order valence-corrected chi connectivity index (χ2v) is 6.41. The molecule has 114 valence electrons. The van der Waals surface area contributed by atoms with Crippen molar-refractivity contribution in [2.45, 2.75) is 52.4 Å². The van der Waals surface area contributed by atoms with Crippen LogP contribution in [0.2, 0.25) is 0 Å². The first-order valence-corrected chi connectivity index (χ1v) is 8.45. The van der Waals surface area contributed by atoms with Crippen LogP contribution >= 0.6 is 0 Å². The zero-order valence-corrected chi connectivity index (χ0v) is 13.6. The molecule has 0 atom stereocenters. The van der Waals surface area contributed by atoms with E-state index in [1.165, 1.54) is 59.9 Å². The number of carbonyl (C=O) groups is 1. The van der Waals surface area contributed by atoms with Crippen LogP contribution in [0, 0.1) is 0 Å². The van der Waals surface area contributed by atoms with Crippen LogP contribution in [0.3, 0.4) is 0 Å². The zero-order valence-electron chi connectivity index (χ0n) is 13.6. The van der Waals surface area contributed by atoms with Gasteiger partial charge in [0.1, 0.15) is 0 Å². The Bertz CT molecular complexity index is 697. The lowest BCUT2D eigenvalue weighted by atomic mass is 9.99.